The lowest BCUT2D eigenvalue weighted by atomic mass is 10.2. The molecular formula is C9H20O8. The summed E-state index contributed by atoms with van der Waals surface area (Å²) in [4.78, 5) is 0. The Balaban J connectivity index is 4.25. The number of ether oxygens (including phenoxy) is 2. The molecule has 0 spiro atoms. The van der Waals surface area contributed by atoms with E-state index in [1.165, 1.54) is 0 Å². The molecule has 3 atom stereocenters. The second-order valence-electron chi connectivity index (χ2n) is 3.34. The summed E-state index contributed by atoms with van der Waals surface area (Å²) >= 11 is 0. The van der Waals surface area contributed by atoms with E-state index in [9.17, 15) is 5.11 Å². The summed E-state index contributed by atoms with van der Waals surface area (Å²) in [5.74, 6) is 0. The number of aliphatic hydroxyl groups excluding tert-OH is 6. The highest BCUT2D eigenvalue weighted by molar-refractivity contribution is 4.68. The van der Waals surface area contributed by atoms with Gasteiger partial charge in [0.05, 0.1) is 33.0 Å². The van der Waals surface area contributed by atoms with Crippen molar-refractivity contribution in [1.29, 1.82) is 0 Å². The van der Waals surface area contributed by atoms with Crippen LogP contribution in [0.3, 0.4) is 0 Å². The third-order valence-corrected chi connectivity index (χ3v) is 2.02. The first-order chi connectivity index (χ1) is 8.12. The summed E-state index contributed by atoms with van der Waals surface area (Å²) in [7, 11) is 0. The molecule has 8 nitrogen and oxygen atoms in total. The van der Waals surface area contributed by atoms with Crippen LogP contribution in [0, 0.1) is 0 Å². The molecular weight excluding hydrogens is 236 g/mol. The van der Waals surface area contributed by atoms with Gasteiger partial charge in [0.2, 0.25) is 0 Å². The van der Waals surface area contributed by atoms with Gasteiger partial charge in [-0.25, -0.2) is 0 Å². The first-order valence-electron chi connectivity index (χ1n) is 5.16. The van der Waals surface area contributed by atoms with Crippen molar-refractivity contribution in [3.05, 3.63) is 0 Å². The normalized spacial score (nSPS) is 17.1. The van der Waals surface area contributed by atoms with E-state index in [0.29, 0.717) is 0 Å². The lowest BCUT2D eigenvalue weighted by molar-refractivity contribution is -0.241. The topological polar surface area (TPSA) is 140 Å². The van der Waals surface area contributed by atoms with E-state index < -0.39 is 57.6 Å². The van der Waals surface area contributed by atoms with E-state index in [0.717, 1.165) is 0 Å². The molecule has 0 aliphatic carbocycles. The molecule has 0 fully saturated rings. The van der Waals surface area contributed by atoms with Crippen molar-refractivity contribution < 1.29 is 40.1 Å². The Kier molecular flexibility index (Phi) is 9.50. The van der Waals surface area contributed by atoms with Gasteiger partial charge in [0, 0.05) is 0 Å². The molecule has 104 valence electrons. The molecule has 8 heteroatoms. The average molecular weight is 256 g/mol. The zero-order chi connectivity index (χ0) is 13.3. The summed E-state index contributed by atoms with van der Waals surface area (Å²) in [6.45, 7) is -2.73. The van der Waals surface area contributed by atoms with Gasteiger partial charge in [0.15, 0.2) is 6.29 Å². The summed E-state index contributed by atoms with van der Waals surface area (Å²) in [5, 5.41) is 53.2. The van der Waals surface area contributed by atoms with Crippen LogP contribution in [0.2, 0.25) is 0 Å². The maximum absolute atomic E-state index is 9.24. The lowest BCUT2D eigenvalue weighted by Crippen LogP contribution is -2.42. The zero-order valence-electron chi connectivity index (χ0n) is 9.34. The van der Waals surface area contributed by atoms with Gasteiger partial charge < -0.3 is 40.1 Å². The molecule has 0 amide bonds. The van der Waals surface area contributed by atoms with Crippen LogP contribution in [0.4, 0.5) is 0 Å². The van der Waals surface area contributed by atoms with E-state index in [4.69, 9.17) is 35.0 Å². The third kappa shape index (κ3) is 6.24. The van der Waals surface area contributed by atoms with Crippen molar-refractivity contribution in [2.24, 2.45) is 0 Å². The van der Waals surface area contributed by atoms with Crippen molar-refractivity contribution in [3.8, 4) is 0 Å². The van der Waals surface area contributed by atoms with Crippen LogP contribution in [0.25, 0.3) is 0 Å². The molecule has 0 bridgehead atoms. The second-order valence-corrected chi connectivity index (χ2v) is 3.34. The molecule has 0 aromatic carbocycles. The summed E-state index contributed by atoms with van der Waals surface area (Å²) in [6.07, 6.45) is -4.61. The Bertz CT molecular complexity index is 174. The van der Waals surface area contributed by atoms with Crippen molar-refractivity contribution in [2.75, 3.05) is 33.0 Å². The minimum atomic E-state index is -1.32. The Morgan fingerprint density at radius 3 is 1.65 bits per heavy atom. The Morgan fingerprint density at radius 1 is 0.706 bits per heavy atom. The van der Waals surface area contributed by atoms with E-state index in [-0.39, 0.29) is 0 Å². The van der Waals surface area contributed by atoms with Gasteiger partial charge in [-0.1, -0.05) is 0 Å². The van der Waals surface area contributed by atoms with Gasteiger partial charge in [-0.3, -0.25) is 0 Å². The van der Waals surface area contributed by atoms with Gasteiger partial charge >= 0.3 is 0 Å². The molecule has 6 N–H and O–H groups in total. The van der Waals surface area contributed by atoms with Gasteiger partial charge in [-0.05, 0) is 0 Å². The van der Waals surface area contributed by atoms with E-state index in [2.05, 4.69) is 0 Å². The monoisotopic (exact) mass is 256 g/mol. The Hall–Kier alpha value is -0.320. The minimum absolute atomic E-state index is 0.470. The fourth-order valence-electron chi connectivity index (χ4n) is 1.04. The van der Waals surface area contributed by atoms with Crippen LogP contribution in [0.5, 0.6) is 0 Å². The maximum atomic E-state index is 9.24. The van der Waals surface area contributed by atoms with Gasteiger partial charge in [0.25, 0.3) is 0 Å². The van der Waals surface area contributed by atoms with Crippen LogP contribution in [0.1, 0.15) is 0 Å². The summed E-state index contributed by atoms with van der Waals surface area (Å²) < 4.78 is 9.93. The smallest absolute Gasteiger partial charge is 0.181 e. The van der Waals surface area contributed by atoms with Crippen molar-refractivity contribution >= 4 is 0 Å². The van der Waals surface area contributed by atoms with Crippen LogP contribution in [-0.2, 0) is 9.47 Å². The number of hydrogen-bond donors (Lipinski definition) is 6. The minimum Gasteiger partial charge on any atom is -0.394 e. The molecule has 0 aromatic heterocycles. The lowest BCUT2D eigenvalue weighted by Gasteiger charge is -2.27. The van der Waals surface area contributed by atoms with E-state index in [1.54, 1.807) is 0 Å². The molecule has 0 saturated carbocycles. The molecule has 0 aliphatic rings. The highest BCUT2D eigenvalue weighted by atomic mass is 16.7. The quantitative estimate of drug-likeness (QED) is 0.220. The number of aliphatic hydroxyl groups is 6. The van der Waals surface area contributed by atoms with Crippen LogP contribution in [-0.4, -0.2) is 88.3 Å². The summed E-state index contributed by atoms with van der Waals surface area (Å²) in [5.41, 5.74) is 0. The van der Waals surface area contributed by atoms with E-state index in [1.807, 2.05) is 0 Å². The third-order valence-electron chi connectivity index (χ3n) is 2.02. The van der Waals surface area contributed by atoms with E-state index >= 15 is 0 Å². The van der Waals surface area contributed by atoms with Gasteiger partial charge in [-0.2, -0.15) is 0 Å². The molecule has 0 saturated heterocycles. The predicted molar refractivity (Wildman–Crippen MR) is 55.0 cm³/mol. The summed E-state index contributed by atoms with van der Waals surface area (Å²) in [6, 6.07) is 0. The fraction of sp³-hybridized carbons (Fsp3) is 1.00. The van der Waals surface area contributed by atoms with Crippen molar-refractivity contribution in [1.82, 2.24) is 0 Å². The first kappa shape index (κ1) is 16.7. The molecule has 0 radical (unpaired) electrons. The Morgan fingerprint density at radius 2 is 1.29 bits per heavy atom. The SMILES string of the molecule is OCC(CO)O[C@@H](CO)OC(CO)[C@@H](O)CO. The van der Waals surface area contributed by atoms with Gasteiger partial charge in [0.1, 0.15) is 18.3 Å². The highest BCUT2D eigenvalue weighted by Crippen LogP contribution is 2.07. The van der Waals surface area contributed by atoms with Crippen LogP contribution >= 0.6 is 0 Å². The Labute approximate surface area is 98.7 Å². The average Bonchev–Trinajstić information content (AvgIpc) is 2.38. The molecule has 0 aliphatic heterocycles. The van der Waals surface area contributed by atoms with Crippen LogP contribution < -0.4 is 0 Å². The predicted octanol–water partition coefficient (Wildman–Crippen LogP) is -3.59. The van der Waals surface area contributed by atoms with Crippen molar-refractivity contribution in [3.63, 3.8) is 0 Å². The van der Waals surface area contributed by atoms with Crippen molar-refractivity contribution in [2.45, 2.75) is 24.6 Å². The molecule has 0 heterocycles. The molecule has 0 aromatic rings. The molecule has 0 rings (SSSR count). The zero-order valence-corrected chi connectivity index (χ0v) is 9.34. The second kappa shape index (κ2) is 9.68. The van der Waals surface area contributed by atoms with Crippen LogP contribution in [0.15, 0.2) is 0 Å². The standard InChI is InChI=1S/C9H20O8/c10-1-6(2-11)16-9(5-14)17-8(4-13)7(15)3-12/h6-15H,1-5H2/t7-,8?,9+/m0/s1. The number of rotatable bonds is 10. The largest absolute Gasteiger partial charge is 0.394 e. The molecule has 17 heavy (non-hydrogen) atoms. The maximum Gasteiger partial charge on any atom is 0.181 e. The first-order valence-corrected chi connectivity index (χ1v) is 5.16. The van der Waals surface area contributed by atoms with Gasteiger partial charge in [-0.15, -0.1) is 0 Å². The highest BCUT2D eigenvalue weighted by Gasteiger charge is 2.24. The fourth-order valence-corrected chi connectivity index (χ4v) is 1.04. The molecule has 1 unspecified atom stereocenters. The number of hydrogen-bond acceptors (Lipinski definition) is 8.